The number of hydrogen-bond acceptors (Lipinski definition) is 4. The van der Waals surface area contributed by atoms with Gasteiger partial charge in [-0.05, 0) is 22.9 Å². The Morgan fingerprint density at radius 1 is 1.24 bits per heavy atom. The second-order valence-electron chi connectivity index (χ2n) is 4.21. The molecule has 0 N–H and O–H groups in total. The molecule has 3 heterocycles. The lowest BCUT2D eigenvalue weighted by Crippen LogP contribution is -2.48. The molecule has 1 aliphatic heterocycles. The molecular weight excluding hydrogens is 282 g/mol. The minimum Gasteiger partial charge on any atom is -0.351 e. The smallest absolute Gasteiger partial charge is 0.147 e. The second-order valence-corrected chi connectivity index (χ2v) is 5.13. The maximum Gasteiger partial charge on any atom is 0.147 e. The molecule has 3 rings (SSSR count). The lowest BCUT2D eigenvalue weighted by Gasteiger charge is -2.39. The summed E-state index contributed by atoms with van der Waals surface area (Å²) >= 11 is 3.40. The van der Waals surface area contributed by atoms with E-state index in [1.54, 1.807) is 6.20 Å². The fraction of sp³-hybridized carbons (Fsp3) is 0.364. The van der Waals surface area contributed by atoms with E-state index in [2.05, 4.69) is 35.9 Å². The Morgan fingerprint density at radius 2 is 2.06 bits per heavy atom. The molecular formula is C11H12BrN5. The third kappa shape index (κ3) is 2.04. The van der Waals surface area contributed by atoms with Gasteiger partial charge in [0.2, 0.25) is 0 Å². The van der Waals surface area contributed by atoms with Gasteiger partial charge < -0.3 is 4.90 Å². The number of rotatable bonds is 2. The van der Waals surface area contributed by atoms with E-state index in [4.69, 9.17) is 0 Å². The highest BCUT2D eigenvalue weighted by Crippen LogP contribution is 2.26. The molecule has 17 heavy (non-hydrogen) atoms. The molecule has 0 radical (unpaired) electrons. The zero-order valence-corrected chi connectivity index (χ0v) is 11.0. The Labute approximate surface area is 108 Å². The Bertz CT molecular complexity index is 515. The van der Waals surface area contributed by atoms with Gasteiger partial charge in [0.1, 0.15) is 5.82 Å². The minimum atomic E-state index is 0.435. The summed E-state index contributed by atoms with van der Waals surface area (Å²) < 4.78 is 3.01. The normalized spacial score (nSPS) is 16.0. The molecule has 2 aromatic heterocycles. The van der Waals surface area contributed by atoms with Gasteiger partial charge in [-0.2, -0.15) is 5.10 Å². The maximum absolute atomic E-state index is 4.36. The first-order valence-electron chi connectivity index (χ1n) is 5.45. The first kappa shape index (κ1) is 10.7. The Kier molecular flexibility index (Phi) is 2.58. The van der Waals surface area contributed by atoms with E-state index >= 15 is 0 Å². The van der Waals surface area contributed by atoms with Gasteiger partial charge >= 0.3 is 0 Å². The highest BCUT2D eigenvalue weighted by molar-refractivity contribution is 9.10. The van der Waals surface area contributed by atoms with Crippen LogP contribution in [0.25, 0.3) is 0 Å². The lowest BCUT2D eigenvalue weighted by atomic mass is 10.1. The Balaban J connectivity index is 1.66. The summed E-state index contributed by atoms with van der Waals surface area (Å²) in [7, 11) is 0. The van der Waals surface area contributed by atoms with E-state index in [0.717, 1.165) is 29.1 Å². The van der Waals surface area contributed by atoms with E-state index in [9.17, 15) is 0 Å². The van der Waals surface area contributed by atoms with Crippen molar-refractivity contribution in [1.82, 2.24) is 19.7 Å². The summed E-state index contributed by atoms with van der Waals surface area (Å²) in [6.45, 7) is 3.81. The van der Waals surface area contributed by atoms with Gasteiger partial charge in [0.25, 0.3) is 0 Å². The van der Waals surface area contributed by atoms with Crippen LogP contribution in [-0.2, 0) is 0 Å². The number of hydrogen-bond donors (Lipinski definition) is 0. The summed E-state index contributed by atoms with van der Waals surface area (Å²) in [5.74, 6) is 0.943. The molecule has 2 aromatic rings. The van der Waals surface area contributed by atoms with Crippen LogP contribution in [0.1, 0.15) is 11.7 Å². The molecule has 0 saturated carbocycles. The van der Waals surface area contributed by atoms with Crippen molar-refractivity contribution >= 4 is 21.7 Å². The molecule has 0 spiro atoms. The fourth-order valence-electron chi connectivity index (χ4n) is 1.87. The largest absolute Gasteiger partial charge is 0.351 e. The fourth-order valence-corrected chi connectivity index (χ4v) is 2.17. The predicted molar refractivity (Wildman–Crippen MR) is 67.9 cm³/mol. The minimum absolute atomic E-state index is 0.435. The highest BCUT2D eigenvalue weighted by Gasteiger charge is 2.29. The van der Waals surface area contributed by atoms with Crippen LogP contribution in [0.5, 0.6) is 0 Å². The summed E-state index contributed by atoms with van der Waals surface area (Å²) in [6, 6.07) is 0.435. The van der Waals surface area contributed by atoms with Crippen LogP contribution in [0.3, 0.4) is 0 Å². The molecule has 0 bridgehead atoms. The summed E-state index contributed by atoms with van der Waals surface area (Å²) in [5.41, 5.74) is 0.946. The average molecular weight is 294 g/mol. The maximum atomic E-state index is 4.36. The Hall–Kier alpha value is -1.43. The third-order valence-electron chi connectivity index (χ3n) is 2.90. The zero-order valence-electron chi connectivity index (χ0n) is 9.41. The topological polar surface area (TPSA) is 46.8 Å². The number of nitrogens with zero attached hydrogens (tertiary/aromatic N) is 5. The number of aryl methyl sites for hydroxylation is 1. The first-order valence-corrected chi connectivity index (χ1v) is 6.25. The molecule has 5 nitrogen and oxygen atoms in total. The first-order chi connectivity index (χ1) is 8.22. The summed E-state index contributed by atoms with van der Waals surface area (Å²) in [6.07, 6.45) is 7.44. The Morgan fingerprint density at radius 3 is 2.65 bits per heavy atom. The van der Waals surface area contributed by atoms with Crippen LogP contribution in [0.4, 0.5) is 5.82 Å². The van der Waals surface area contributed by atoms with Crippen LogP contribution in [0.15, 0.2) is 29.3 Å². The van der Waals surface area contributed by atoms with Crippen LogP contribution in [0, 0.1) is 6.92 Å². The molecule has 0 aromatic carbocycles. The van der Waals surface area contributed by atoms with Crippen LogP contribution >= 0.6 is 15.9 Å². The van der Waals surface area contributed by atoms with Gasteiger partial charge in [0.05, 0.1) is 34.8 Å². The van der Waals surface area contributed by atoms with E-state index < -0.39 is 0 Å². The van der Waals surface area contributed by atoms with Crippen molar-refractivity contribution < 1.29 is 0 Å². The van der Waals surface area contributed by atoms with Crippen LogP contribution in [-0.4, -0.2) is 32.8 Å². The van der Waals surface area contributed by atoms with Crippen molar-refractivity contribution in [3.63, 3.8) is 0 Å². The second kappa shape index (κ2) is 4.10. The number of aromatic nitrogens is 4. The van der Waals surface area contributed by atoms with Crippen molar-refractivity contribution in [2.45, 2.75) is 13.0 Å². The SMILES string of the molecule is Cc1cnc(N2CC(n3cc(Br)cn3)C2)cn1. The molecule has 1 saturated heterocycles. The van der Waals surface area contributed by atoms with Crippen molar-refractivity contribution in [3.05, 3.63) is 35.0 Å². The number of anilines is 1. The predicted octanol–water partition coefficient (Wildman–Crippen LogP) is 1.81. The standard InChI is InChI=1S/C11H12BrN5/c1-8-2-14-11(4-13-8)16-6-10(7-16)17-5-9(12)3-15-17/h2-5,10H,6-7H2,1H3. The van der Waals surface area contributed by atoms with Gasteiger partial charge in [-0.1, -0.05) is 0 Å². The van der Waals surface area contributed by atoms with Crippen LogP contribution < -0.4 is 4.90 Å². The highest BCUT2D eigenvalue weighted by atomic mass is 79.9. The zero-order chi connectivity index (χ0) is 11.8. The molecule has 1 fully saturated rings. The molecule has 0 unspecified atom stereocenters. The molecule has 6 heteroatoms. The molecule has 0 aliphatic carbocycles. The summed E-state index contributed by atoms with van der Waals surface area (Å²) in [5, 5.41) is 4.29. The molecule has 1 aliphatic rings. The van der Waals surface area contributed by atoms with Gasteiger partial charge in [0, 0.05) is 19.3 Å². The van der Waals surface area contributed by atoms with Crippen molar-refractivity contribution in [3.8, 4) is 0 Å². The van der Waals surface area contributed by atoms with E-state index in [1.807, 2.05) is 30.2 Å². The van der Waals surface area contributed by atoms with Crippen molar-refractivity contribution in [2.24, 2.45) is 0 Å². The van der Waals surface area contributed by atoms with E-state index in [0.29, 0.717) is 6.04 Å². The van der Waals surface area contributed by atoms with Gasteiger partial charge in [-0.25, -0.2) is 4.98 Å². The van der Waals surface area contributed by atoms with Crippen LogP contribution in [0.2, 0.25) is 0 Å². The monoisotopic (exact) mass is 293 g/mol. The van der Waals surface area contributed by atoms with Gasteiger partial charge in [-0.3, -0.25) is 9.67 Å². The summed E-state index contributed by atoms with van der Waals surface area (Å²) in [4.78, 5) is 10.8. The van der Waals surface area contributed by atoms with Crippen molar-refractivity contribution in [2.75, 3.05) is 18.0 Å². The average Bonchev–Trinajstić information content (AvgIpc) is 2.66. The quantitative estimate of drug-likeness (QED) is 0.847. The van der Waals surface area contributed by atoms with Gasteiger partial charge in [0.15, 0.2) is 0 Å². The third-order valence-corrected chi connectivity index (χ3v) is 3.31. The van der Waals surface area contributed by atoms with Crippen molar-refractivity contribution in [1.29, 1.82) is 0 Å². The lowest BCUT2D eigenvalue weighted by molar-refractivity contribution is 0.365. The van der Waals surface area contributed by atoms with Gasteiger partial charge in [-0.15, -0.1) is 0 Å². The van der Waals surface area contributed by atoms with E-state index in [1.165, 1.54) is 0 Å². The molecule has 0 amide bonds. The molecule has 0 atom stereocenters. The molecule has 88 valence electrons. The van der Waals surface area contributed by atoms with E-state index in [-0.39, 0.29) is 0 Å². The number of halogens is 1.